The molecule has 0 atom stereocenters. The number of halogens is 1. The number of benzene rings is 2. The van der Waals surface area contributed by atoms with Gasteiger partial charge in [0.25, 0.3) is 0 Å². The SMILES string of the molecule is Cc1ccc(C)c(CNc2ccc(Cl)c(C(=O)O)c2)c1. The average molecular weight is 290 g/mol. The Morgan fingerprint density at radius 2 is 1.95 bits per heavy atom. The minimum atomic E-state index is -1.02. The van der Waals surface area contributed by atoms with Gasteiger partial charge in [-0.15, -0.1) is 0 Å². The van der Waals surface area contributed by atoms with Crippen molar-refractivity contribution in [1.29, 1.82) is 0 Å². The third-order valence-corrected chi connectivity index (χ3v) is 3.51. The van der Waals surface area contributed by atoms with E-state index in [9.17, 15) is 4.79 Å². The predicted octanol–water partition coefficient (Wildman–Crippen LogP) is 4.27. The molecule has 0 unspecified atom stereocenters. The van der Waals surface area contributed by atoms with Gasteiger partial charge in [-0.1, -0.05) is 35.4 Å². The van der Waals surface area contributed by atoms with E-state index in [1.54, 1.807) is 18.2 Å². The summed E-state index contributed by atoms with van der Waals surface area (Å²) in [7, 11) is 0. The van der Waals surface area contributed by atoms with Crippen molar-refractivity contribution < 1.29 is 9.90 Å². The second-order valence-corrected chi connectivity index (χ2v) is 5.19. The van der Waals surface area contributed by atoms with Gasteiger partial charge in [0.05, 0.1) is 10.6 Å². The molecule has 0 saturated carbocycles. The summed E-state index contributed by atoms with van der Waals surface area (Å²) >= 11 is 5.85. The fraction of sp³-hybridized carbons (Fsp3) is 0.188. The lowest BCUT2D eigenvalue weighted by atomic mass is 10.1. The number of carboxylic acid groups (broad SMARTS) is 1. The van der Waals surface area contributed by atoms with Gasteiger partial charge in [0.15, 0.2) is 0 Å². The number of carboxylic acids is 1. The van der Waals surface area contributed by atoms with Crippen LogP contribution in [0.1, 0.15) is 27.0 Å². The first-order chi connectivity index (χ1) is 9.47. The van der Waals surface area contributed by atoms with Crippen molar-refractivity contribution in [3.05, 3.63) is 63.7 Å². The summed E-state index contributed by atoms with van der Waals surface area (Å²) in [6.45, 7) is 4.75. The topological polar surface area (TPSA) is 49.3 Å². The second kappa shape index (κ2) is 5.97. The number of hydrogen-bond acceptors (Lipinski definition) is 2. The lowest BCUT2D eigenvalue weighted by Gasteiger charge is -2.11. The first-order valence-electron chi connectivity index (χ1n) is 6.30. The van der Waals surface area contributed by atoms with E-state index in [1.807, 2.05) is 6.92 Å². The van der Waals surface area contributed by atoms with Gasteiger partial charge in [-0.05, 0) is 43.2 Å². The lowest BCUT2D eigenvalue weighted by Crippen LogP contribution is -2.04. The average Bonchev–Trinajstić information content (AvgIpc) is 2.41. The number of carbonyl (C=O) groups is 1. The standard InChI is InChI=1S/C16H16ClNO2/c1-10-3-4-11(2)12(7-10)9-18-13-5-6-15(17)14(8-13)16(19)20/h3-8,18H,9H2,1-2H3,(H,19,20). The Kier molecular flexibility index (Phi) is 4.30. The first kappa shape index (κ1) is 14.4. The van der Waals surface area contributed by atoms with Gasteiger partial charge in [0, 0.05) is 12.2 Å². The zero-order valence-corrected chi connectivity index (χ0v) is 12.2. The van der Waals surface area contributed by atoms with E-state index in [1.165, 1.54) is 16.7 Å². The van der Waals surface area contributed by atoms with Crippen molar-refractivity contribution in [3.8, 4) is 0 Å². The Bertz CT molecular complexity index is 653. The molecule has 0 heterocycles. The number of aryl methyl sites for hydroxylation is 2. The molecule has 2 rings (SSSR count). The summed E-state index contributed by atoms with van der Waals surface area (Å²) in [5.74, 6) is -1.02. The summed E-state index contributed by atoms with van der Waals surface area (Å²) in [5, 5.41) is 12.5. The Morgan fingerprint density at radius 1 is 1.20 bits per heavy atom. The molecule has 0 radical (unpaired) electrons. The highest BCUT2D eigenvalue weighted by Gasteiger charge is 2.09. The van der Waals surface area contributed by atoms with Crippen molar-refractivity contribution in [2.75, 3.05) is 5.32 Å². The number of rotatable bonds is 4. The van der Waals surface area contributed by atoms with Gasteiger partial charge in [-0.2, -0.15) is 0 Å². The molecule has 4 heteroatoms. The molecule has 0 aliphatic carbocycles. The summed E-state index contributed by atoms with van der Waals surface area (Å²) in [5.41, 5.74) is 4.45. The third kappa shape index (κ3) is 3.31. The van der Waals surface area contributed by atoms with Gasteiger partial charge in [0.2, 0.25) is 0 Å². The Hall–Kier alpha value is -2.00. The van der Waals surface area contributed by atoms with Crippen LogP contribution in [0.3, 0.4) is 0 Å². The molecule has 2 aromatic carbocycles. The molecule has 0 fully saturated rings. The number of hydrogen-bond donors (Lipinski definition) is 2. The largest absolute Gasteiger partial charge is 0.478 e. The monoisotopic (exact) mass is 289 g/mol. The second-order valence-electron chi connectivity index (χ2n) is 4.78. The molecule has 0 aliphatic heterocycles. The fourth-order valence-corrected chi connectivity index (χ4v) is 2.19. The van der Waals surface area contributed by atoms with E-state index in [0.29, 0.717) is 6.54 Å². The molecular weight excluding hydrogens is 274 g/mol. The highest BCUT2D eigenvalue weighted by molar-refractivity contribution is 6.33. The molecule has 0 spiro atoms. The van der Waals surface area contributed by atoms with Crippen LogP contribution in [0.4, 0.5) is 5.69 Å². The van der Waals surface area contributed by atoms with Crippen LogP contribution in [0.2, 0.25) is 5.02 Å². The van der Waals surface area contributed by atoms with Gasteiger partial charge >= 0.3 is 5.97 Å². The minimum absolute atomic E-state index is 0.109. The van der Waals surface area contributed by atoms with Crippen LogP contribution in [0.5, 0.6) is 0 Å². The predicted molar refractivity (Wildman–Crippen MR) is 81.7 cm³/mol. The summed E-state index contributed by atoms with van der Waals surface area (Å²) < 4.78 is 0. The van der Waals surface area contributed by atoms with Crippen LogP contribution in [-0.2, 0) is 6.54 Å². The molecule has 20 heavy (non-hydrogen) atoms. The van der Waals surface area contributed by atoms with Crippen molar-refractivity contribution in [1.82, 2.24) is 0 Å². The molecule has 0 bridgehead atoms. The van der Waals surface area contributed by atoms with E-state index in [2.05, 4.69) is 30.4 Å². The van der Waals surface area contributed by atoms with Crippen LogP contribution in [0, 0.1) is 13.8 Å². The van der Waals surface area contributed by atoms with E-state index < -0.39 is 5.97 Å². The lowest BCUT2D eigenvalue weighted by molar-refractivity contribution is 0.0697. The van der Waals surface area contributed by atoms with Crippen LogP contribution in [0.15, 0.2) is 36.4 Å². The van der Waals surface area contributed by atoms with Crippen LogP contribution in [-0.4, -0.2) is 11.1 Å². The smallest absolute Gasteiger partial charge is 0.337 e. The number of nitrogens with one attached hydrogen (secondary N) is 1. The van der Waals surface area contributed by atoms with E-state index >= 15 is 0 Å². The van der Waals surface area contributed by atoms with Crippen LogP contribution in [0.25, 0.3) is 0 Å². The van der Waals surface area contributed by atoms with Crippen LogP contribution < -0.4 is 5.32 Å². The molecule has 2 aromatic rings. The molecule has 0 saturated heterocycles. The fourth-order valence-electron chi connectivity index (χ4n) is 1.99. The quantitative estimate of drug-likeness (QED) is 0.884. The summed E-state index contributed by atoms with van der Waals surface area (Å²) in [6.07, 6.45) is 0. The van der Waals surface area contributed by atoms with Gasteiger partial charge < -0.3 is 10.4 Å². The summed E-state index contributed by atoms with van der Waals surface area (Å²) in [6, 6.07) is 11.2. The zero-order valence-electron chi connectivity index (χ0n) is 11.4. The molecular formula is C16H16ClNO2. The van der Waals surface area contributed by atoms with Crippen LogP contribution >= 0.6 is 11.6 Å². The van der Waals surface area contributed by atoms with Crippen molar-refractivity contribution in [2.45, 2.75) is 20.4 Å². The normalized spacial score (nSPS) is 10.3. The maximum Gasteiger partial charge on any atom is 0.337 e. The Morgan fingerprint density at radius 3 is 2.65 bits per heavy atom. The first-order valence-corrected chi connectivity index (χ1v) is 6.68. The van der Waals surface area contributed by atoms with E-state index in [-0.39, 0.29) is 10.6 Å². The van der Waals surface area contributed by atoms with E-state index in [0.717, 1.165) is 5.69 Å². The maximum absolute atomic E-state index is 11.0. The van der Waals surface area contributed by atoms with Crippen molar-refractivity contribution >= 4 is 23.3 Å². The van der Waals surface area contributed by atoms with E-state index in [4.69, 9.17) is 16.7 Å². The molecule has 3 nitrogen and oxygen atoms in total. The molecule has 0 aliphatic rings. The molecule has 104 valence electrons. The molecule has 2 N–H and O–H groups in total. The van der Waals surface area contributed by atoms with Gasteiger partial charge in [0.1, 0.15) is 0 Å². The third-order valence-electron chi connectivity index (χ3n) is 3.18. The molecule has 0 amide bonds. The molecule has 0 aromatic heterocycles. The Balaban J connectivity index is 2.17. The Labute approximate surface area is 123 Å². The van der Waals surface area contributed by atoms with Gasteiger partial charge in [-0.25, -0.2) is 4.79 Å². The number of anilines is 1. The summed E-state index contributed by atoms with van der Waals surface area (Å²) in [4.78, 5) is 11.0. The van der Waals surface area contributed by atoms with Gasteiger partial charge in [-0.3, -0.25) is 0 Å². The highest BCUT2D eigenvalue weighted by atomic mass is 35.5. The maximum atomic E-state index is 11.0. The zero-order chi connectivity index (χ0) is 14.7. The minimum Gasteiger partial charge on any atom is -0.478 e. The van der Waals surface area contributed by atoms with Crippen molar-refractivity contribution in [3.63, 3.8) is 0 Å². The van der Waals surface area contributed by atoms with Crippen molar-refractivity contribution in [2.24, 2.45) is 0 Å². The highest BCUT2D eigenvalue weighted by Crippen LogP contribution is 2.21. The number of aromatic carboxylic acids is 1.